The van der Waals surface area contributed by atoms with Crippen molar-refractivity contribution in [1.82, 2.24) is 14.7 Å². The predicted molar refractivity (Wildman–Crippen MR) is 146 cm³/mol. The number of nitrogens with zero attached hydrogens (tertiary/aromatic N) is 4. The van der Waals surface area contributed by atoms with Crippen molar-refractivity contribution in [3.63, 3.8) is 0 Å². The summed E-state index contributed by atoms with van der Waals surface area (Å²) < 4.78 is 6.89. The van der Waals surface area contributed by atoms with E-state index in [1.165, 1.54) is 11.0 Å². The number of benzene rings is 2. The predicted octanol–water partition coefficient (Wildman–Crippen LogP) is 5.13. The molecule has 0 bridgehead atoms. The molecule has 3 rings (SSSR count). The zero-order valence-electron chi connectivity index (χ0n) is 22.9. The number of amides is 2. The van der Waals surface area contributed by atoms with Crippen molar-refractivity contribution in [3.8, 4) is 11.4 Å². The van der Waals surface area contributed by atoms with Crippen LogP contribution in [0.2, 0.25) is 0 Å². The first-order valence-corrected chi connectivity index (χ1v) is 12.4. The Morgan fingerprint density at radius 1 is 1.13 bits per heavy atom. The number of nitrogens with one attached hydrogen (secondary N) is 1. The fraction of sp³-hybridized carbons (Fsp3) is 0.393. The summed E-state index contributed by atoms with van der Waals surface area (Å²) in [5.74, 6) is 0.381. The average Bonchev–Trinajstić information content (AvgIpc) is 3.27. The summed E-state index contributed by atoms with van der Waals surface area (Å²) in [5.41, 5.74) is 1.74. The molecule has 1 heterocycles. The summed E-state index contributed by atoms with van der Waals surface area (Å²) >= 11 is 0. The first-order valence-electron chi connectivity index (χ1n) is 12.4. The van der Waals surface area contributed by atoms with E-state index >= 15 is 0 Å². The number of methoxy groups -OCH3 is 1. The Morgan fingerprint density at radius 3 is 2.34 bits per heavy atom. The number of carbonyl (C=O) groups excluding carboxylic acids is 2. The van der Waals surface area contributed by atoms with E-state index in [1.54, 1.807) is 30.8 Å². The van der Waals surface area contributed by atoms with Gasteiger partial charge in [-0.2, -0.15) is 5.10 Å². The lowest BCUT2D eigenvalue weighted by molar-refractivity contribution is -0.385. The Bertz CT molecular complexity index is 1320. The van der Waals surface area contributed by atoms with Crippen molar-refractivity contribution >= 4 is 23.3 Å². The number of hydrogen-bond acceptors (Lipinski definition) is 6. The average molecular weight is 522 g/mol. The Labute approximate surface area is 222 Å². The second-order valence-electron chi connectivity index (χ2n) is 10.7. The Morgan fingerprint density at radius 2 is 1.79 bits per heavy atom. The van der Waals surface area contributed by atoms with Gasteiger partial charge in [-0.05, 0) is 43.2 Å². The minimum atomic E-state index is -0.515. The molecule has 1 aromatic heterocycles. The molecule has 0 aliphatic carbocycles. The van der Waals surface area contributed by atoms with Gasteiger partial charge in [0.05, 0.1) is 23.4 Å². The van der Waals surface area contributed by atoms with Gasteiger partial charge in [0.2, 0.25) is 5.91 Å². The standard InChI is InChI=1S/C28H35N5O5/c1-18(2)16-31(27(35)20-9-8-19(3)23(14-20)33(36)37)17-26(34)29-25-15-24(28(4,5)6)30-32(25)21-10-12-22(38-7)13-11-21/h8-15,18H,16-17H2,1-7H3,(H,29,34). The lowest BCUT2D eigenvalue weighted by Gasteiger charge is -2.24. The summed E-state index contributed by atoms with van der Waals surface area (Å²) in [6, 6.07) is 13.5. The SMILES string of the molecule is COc1ccc(-n2nc(C(C)(C)C)cc2NC(=O)CN(CC(C)C)C(=O)c2ccc(C)c([N+](=O)[O-])c2)cc1. The normalized spacial score (nSPS) is 11.4. The zero-order valence-corrected chi connectivity index (χ0v) is 22.9. The molecular formula is C28H35N5O5. The van der Waals surface area contributed by atoms with Crippen LogP contribution in [0, 0.1) is 23.0 Å². The van der Waals surface area contributed by atoms with Crippen molar-refractivity contribution < 1.29 is 19.2 Å². The molecule has 0 aliphatic heterocycles. The molecule has 0 saturated heterocycles. The fourth-order valence-corrected chi connectivity index (χ4v) is 3.89. The van der Waals surface area contributed by atoms with Crippen molar-refractivity contribution in [2.45, 2.75) is 47.0 Å². The van der Waals surface area contributed by atoms with Crippen LogP contribution in [0.1, 0.15) is 56.2 Å². The van der Waals surface area contributed by atoms with Crippen LogP contribution in [0.15, 0.2) is 48.5 Å². The maximum atomic E-state index is 13.3. The highest BCUT2D eigenvalue weighted by molar-refractivity contribution is 5.99. The van der Waals surface area contributed by atoms with Crippen LogP contribution in [-0.4, -0.2) is 51.6 Å². The van der Waals surface area contributed by atoms with E-state index in [4.69, 9.17) is 9.84 Å². The van der Waals surface area contributed by atoms with Crippen LogP contribution in [0.4, 0.5) is 11.5 Å². The number of anilines is 1. The number of rotatable bonds is 9. The van der Waals surface area contributed by atoms with Crippen molar-refractivity contribution in [2.24, 2.45) is 5.92 Å². The fourth-order valence-electron chi connectivity index (χ4n) is 3.89. The van der Waals surface area contributed by atoms with E-state index in [-0.39, 0.29) is 29.1 Å². The highest BCUT2D eigenvalue weighted by atomic mass is 16.6. The van der Waals surface area contributed by atoms with E-state index in [0.717, 1.165) is 11.4 Å². The van der Waals surface area contributed by atoms with Gasteiger partial charge >= 0.3 is 0 Å². The van der Waals surface area contributed by atoms with Crippen LogP contribution in [-0.2, 0) is 10.2 Å². The van der Waals surface area contributed by atoms with E-state index in [1.807, 2.05) is 65.0 Å². The highest BCUT2D eigenvalue weighted by Gasteiger charge is 2.25. The Balaban J connectivity index is 1.89. The van der Waals surface area contributed by atoms with Gasteiger partial charge < -0.3 is 15.0 Å². The molecule has 1 N–H and O–H groups in total. The van der Waals surface area contributed by atoms with Gasteiger partial charge in [0, 0.05) is 35.2 Å². The smallest absolute Gasteiger partial charge is 0.273 e. The van der Waals surface area contributed by atoms with Gasteiger partial charge in [0.15, 0.2) is 0 Å². The molecule has 0 aliphatic rings. The van der Waals surface area contributed by atoms with Crippen LogP contribution >= 0.6 is 0 Å². The van der Waals surface area contributed by atoms with Crippen LogP contribution in [0.25, 0.3) is 5.69 Å². The summed E-state index contributed by atoms with van der Waals surface area (Å²) in [5, 5.41) is 19.0. The Kier molecular flexibility index (Phi) is 8.55. The second-order valence-corrected chi connectivity index (χ2v) is 10.7. The quantitative estimate of drug-likeness (QED) is 0.308. The van der Waals surface area contributed by atoms with E-state index < -0.39 is 16.7 Å². The molecule has 2 amide bonds. The minimum Gasteiger partial charge on any atom is -0.497 e. The van der Waals surface area contributed by atoms with E-state index in [2.05, 4.69) is 5.32 Å². The molecule has 10 heteroatoms. The van der Waals surface area contributed by atoms with Crippen molar-refractivity contribution in [1.29, 1.82) is 0 Å². The van der Waals surface area contributed by atoms with Crippen LogP contribution in [0.3, 0.4) is 0 Å². The Hall–Kier alpha value is -4.21. The largest absolute Gasteiger partial charge is 0.497 e. The van der Waals surface area contributed by atoms with Gasteiger partial charge in [-0.1, -0.05) is 40.7 Å². The molecule has 0 spiro atoms. The molecule has 0 fully saturated rings. The maximum absolute atomic E-state index is 13.3. The maximum Gasteiger partial charge on any atom is 0.273 e. The van der Waals surface area contributed by atoms with Crippen LogP contribution in [0.5, 0.6) is 5.75 Å². The van der Waals surface area contributed by atoms with Gasteiger partial charge in [-0.25, -0.2) is 4.68 Å². The first kappa shape index (κ1) is 28.4. The van der Waals surface area contributed by atoms with Crippen LogP contribution < -0.4 is 10.1 Å². The van der Waals surface area contributed by atoms with Gasteiger partial charge in [0.1, 0.15) is 18.1 Å². The number of nitro benzene ring substituents is 1. The lowest BCUT2D eigenvalue weighted by Crippen LogP contribution is -2.40. The molecule has 38 heavy (non-hydrogen) atoms. The molecule has 202 valence electrons. The molecule has 2 aromatic carbocycles. The van der Waals surface area contributed by atoms with Crippen molar-refractivity contribution in [2.75, 3.05) is 25.5 Å². The van der Waals surface area contributed by atoms with Gasteiger partial charge in [-0.3, -0.25) is 19.7 Å². The molecular weight excluding hydrogens is 486 g/mol. The third-order valence-corrected chi connectivity index (χ3v) is 5.92. The minimum absolute atomic E-state index is 0.0736. The molecule has 0 unspecified atom stereocenters. The monoisotopic (exact) mass is 521 g/mol. The third-order valence-electron chi connectivity index (χ3n) is 5.92. The molecule has 0 saturated carbocycles. The van der Waals surface area contributed by atoms with Gasteiger partial charge in [-0.15, -0.1) is 0 Å². The molecule has 3 aromatic rings. The zero-order chi connectivity index (χ0) is 28.2. The number of hydrogen-bond donors (Lipinski definition) is 1. The van der Waals surface area contributed by atoms with E-state index in [9.17, 15) is 19.7 Å². The third kappa shape index (κ3) is 6.76. The number of nitro groups is 1. The lowest BCUT2D eigenvalue weighted by atomic mass is 9.92. The molecule has 10 nitrogen and oxygen atoms in total. The molecule has 0 radical (unpaired) electrons. The van der Waals surface area contributed by atoms with Crippen molar-refractivity contribution in [3.05, 3.63) is 75.5 Å². The van der Waals surface area contributed by atoms with E-state index in [0.29, 0.717) is 23.7 Å². The first-order chi connectivity index (χ1) is 17.8. The number of aryl methyl sites for hydroxylation is 1. The summed E-state index contributed by atoms with van der Waals surface area (Å²) in [4.78, 5) is 38.8. The number of ether oxygens (including phenoxy) is 1. The number of aromatic nitrogens is 2. The van der Waals surface area contributed by atoms with Gasteiger partial charge in [0.25, 0.3) is 11.6 Å². The summed E-state index contributed by atoms with van der Waals surface area (Å²) in [7, 11) is 1.59. The summed E-state index contributed by atoms with van der Waals surface area (Å²) in [6.45, 7) is 11.7. The second kappa shape index (κ2) is 11.5. The number of carbonyl (C=O) groups is 2. The highest BCUT2D eigenvalue weighted by Crippen LogP contribution is 2.27. The molecule has 0 atom stereocenters. The topological polar surface area (TPSA) is 120 Å². The summed E-state index contributed by atoms with van der Waals surface area (Å²) in [6.07, 6.45) is 0.